The molecule has 0 aliphatic rings. The summed E-state index contributed by atoms with van der Waals surface area (Å²) in [6.45, 7) is 5.25. The Morgan fingerprint density at radius 2 is 2.00 bits per heavy atom. The second-order valence-electron chi connectivity index (χ2n) is 3.95. The Bertz CT molecular complexity index is 608. The number of anilines is 1. The third kappa shape index (κ3) is 3.18. The minimum atomic E-state index is -0.203. The number of benzene rings is 2. The third-order valence-corrected chi connectivity index (χ3v) is 2.50. The molecule has 0 atom stereocenters. The van der Waals surface area contributed by atoms with Gasteiger partial charge in [0.2, 0.25) is 0 Å². The number of rotatable bonds is 2. The van der Waals surface area contributed by atoms with Crippen LogP contribution in [-0.2, 0) is 37.5 Å². The molecule has 2 N–H and O–H groups in total. The van der Waals surface area contributed by atoms with Gasteiger partial charge in [0.25, 0.3) is 5.91 Å². The molecule has 2 aromatic rings. The van der Waals surface area contributed by atoms with E-state index in [0.29, 0.717) is 5.57 Å². The van der Waals surface area contributed by atoms with Crippen molar-refractivity contribution >= 4 is 22.4 Å². The van der Waals surface area contributed by atoms with E-state index >= 15 is 0 Å². The smallest absolute Gasteiger partial charge is 0.250 e. The van der Waals surface area contributed by atoms with E-state index in [1.165, 1.54) is 0 Å². The van der Waals surface area contributed by atoms with Crippen molar-refractivity contribution in [2.24, 2.45) is 0 Å². The van der Waals surface area contributed by atoms with Crippen molar-refractivity contribution in [2.45, 2.75) is 6.92 Å². The average molecular weight is 316 g/mol. The van der Waals surface area contributed by atoms with E-state index < -0.39 is 0 Å². The number of fused-ring (bicyclic) bond motifs is 1. The van der Waals surface area contributed by atoms with Crippen LogP contribution in [-0.4, -0.2) is 11.0 Å². The van der Waals surface area contributed by atoms with E-state index in [4.69, 9.17) is 0 Å². The molecule has 0 bridgehead atoms. The van der Waals surface area contributed by atoms with Crippen molar-refractivity contribution in [3.63, 3.8) is 0 Å². The number of phenolic OH excluding ortho intramolecular Hbond substituents is 1. The molecule has 0 unspecified atom stereocenters. The minimum Gasteiger partial charge on any atom is -0.508 e. The molecule has 0 aromatic heterocycles. The van der Waals surface area contributed by atoms with Gasteiger partial charge < -0.3 is 10.4 Å². The SMILES string of the molecule is C=C(C)C(=O)Nc1cccc2cc(O)ccc12.[Y]. The van der Waals surface area contributed by atoms with Gasteiger partial charge in [-0.15, -0.1) is 0 Å². The fourth-order valence-electron chi connectivity index (χ4n) is 1.61. The number of aromatic hydroxyl groups is 1. The summed E-state index contributed by atoms with van der Waals surface area (Å²) in [5.41, 5.74) is 1.18. The largest absolute Gasteiger partial charge is 0.508 e. The van der Waals surface area contributed by atoms with Crippen LogP contribution in [0, 0.1) is 0 Å². The second kappa shape index (κ2) is 6.12. The molecule has 3 nitrogen and oxygen atoms in total. The molecule has 0 fully saturated rings. The zero-order valence-corrected chi connectivity index (χ0v) is 12.9. The predicted molar refractivity (Wildman–Crippen MR) is 69.1 cm³/mol. The quantitative estimate of drug-likeness (QED) is 0.837. The molecule has 0 heterocycles. The second-order valence-corrected chi connectivity index (χ2v) is 3.95. The van der Waals surface area contributed by atoms with Crippen LogP contribution in [0.2, 0.25) is 0 Å². The summed E-state index contributed by atoms with van der Waals surface area (Å²) >= 11 is 0. The van der Waals surface area contributed by atoms with Crippen molar-refractivity contribution in [1.29, 1.82) is 0 Å². The molecule has 18 heavy (non-hydrogen) atoms. The van der Waals surface area contributed by atoms with Crippen LogP contribution in [0.5, 0.6) is 5.75 Å². The topological polar surface area (TPSA) is 49.3 Å². The number of hydrogen-bond donors (Lipinski definition) is 2. The number of nitrogens with one attached hydrogen (secondary N) is 1. The summed E-state index contributed by atoms with van der Waals surface area (Å²) in [6.07, 6.45) is 0. The van der Waals surface area contributed by atoms with Gasteiger partial charge >= 0.3 is 0 Å². The Balaban J connectivity index is 0.00000162. The normalized spacial score (nSPS) is 9.61. The zero-order chi connectivity index (χ0) is 12.4. The van der Waals surface area contributed by atoms with E-state index in [-0.39, 0.29) is 44.4 Å². The Labute approximate surface area is 131 Å². The summed E-state index contributed by atoms with van der Waals surface area (Å²) in [6, 6.07) is 10.6. The van der Waals surface area contributed by atoms with Crippen LogP contribution in [0.25, 0.3) is 10.8 Å². The Morgan fingerprint density at radius 1 is 1.28 bits per heavy atom. The van der Waals surface area contributed by atoms with Crippen LogP contribution < -0.4 is 5.32 Å². The number of amides is 1. The van der Waals surface area contributed by atoms with E-state index in [1.807, 2.05) is 18.2 Å². The maximum Gasteiger partial charge on any atom is 0.250 e. The van der Waals surface area contributed by atoms with Gasteiger partial charge in [0.05, 0.1) is 0 Å². The van der Waals surface area contributed by atoms with Gasteiger partial charge in [0.1, 0.15) is 5.75 Å². The van der Waals surface area contributed by atoms with Crippen LogP contribution in [0.1, 0.15) is 6.92 Å². The fraction of sp³-hybridized carbons (Fsp3) is 0.0714. The van der Waals surface area contributed by atoms with Gasteiger partial charge in [-0.05, 0) is 36.6 Å². The monoisotopic (exact) mass is 316 g/mol. The third-order valence-electron chi connectivity index (χ3n) is 2.50. The zero-order valence-electron chi connectivity index (χ0n) is 10.1. The Morgan fingerprint density at radius 3 is 2.67 bits per heavy atom. The summed E-state index contributed by atoms with van der Waals surface area (Å²) in [7, 11) is 0. The number of phenols is 1. The van der Waals surface area contributed by atoms with Gasteiger partial charge in [-0.2, -0.15) is 0 Å². The molecule has 0 spiro atoms. The summed E-state index contributed by atoms with van der Waals surface area (Å²) in [5, 5.41) is 13.9. The van der Waals surface area contributed by atoms with Crippen LogP contribution in [0.4, 0.5) is 5.69 Å². The van der Waals surface area contributed by atoms with Gasteiger partial charge in [-0.25, -0.2) is 0 Å². The molecule has 1 amide bonds. The first kappa shape index (κ1) is 14.9. The van der Waals surface area contributed by atoms with E-state index in [9.17, 15) is 9.90 Å². The maximum absolute atomic E-state index is 11.6. The Hall–Kier alpha value is -1.19. The van der Waals surface area contributed by atoms with Gasteiger partial charge in [-0.3, -0.25) is 4.79 Å². The van der Waals surface area contributed by atoms with Crippen LogP contribution in [0.15, 0.2) is 48.6 Å². The van der Waals surface area contributed by atoms with Gasteiger partial charge in [-0.1, -0.05) is 18.7 Å². The summed E-state index contributed by atoms with van der Waals surface area (Å²) in [5.74, 6) is 0.00597. The van der Waals surface area contributed by atoms with Crippen molar-refractivity contribution in [3.8, 4) is 5.75 Å². The van der Waals surface area contributed by atoms with E-state index in [1.54, 1.807) is 25.1 Å². The fourth-order valence-corrected chi connectivity index (χ4v) is 1.61. The average Bonchev–Trinajstić information content (AvgIpc) is 2.28. The molecule has 2 aromatic carbocycles. The molecular formula is C14H13NO2Y. The summed E-state index contributed by atoms with van der Waals surface area (Å²) < 4.78 is 0. The van der Waals surface area contributed by atoms with Gasteiger partial charge in [0, 0.05) is 49.4 Å². The minimum absolute atomic E-state index is 0. The molecule has 89 valence electrons. The van der Waals surface area contributed by atoms with Crippen molar-refractivity contribution in [2.75, 3.05) is 5.32 Å². The van der Waals surface area contributed by atoms with Crippen molar-refractivity contribution in [1.82, 2.24) is 0 Å². The maximum atomic E-state index is 11.6. The molecule has 0 saturated heterocycles. The molecule has 0 aliphatic carbocycles. The standard InChI is InChI=1S/C14H13NO2.Y/c1-9(2)14(17)15-13-5-3-4-10-8-11(16)6-7-12(10)13;/h3-8,16H,1H2,2H3,(H,15,17);. The van der Waals surface area contributed by atoms with Crippen LogP contribution in [0.3, 0.4) is 0 Å². The van der Waals surface area contributed by atoms with E-state index in [2.05, 4.69) is 11.9 Å². The molecule has 4 heteroatoms. The van der Waals surface area contributed by atoms with Crippen molar-refractivity contribution in [3.05, 3.63) is 48.6 Å². The van der Waals surface area contributed by atoms with Gasteiger partial charge in [0.15, 0.2) is 0 Å². The molecule has 1 radical (unpaired) electrons. The first-order valence-corrected chi connectivity index (χ1v) is 5.26. The van der Waals surface area contributed by atoms with E-state index in [0.717, 1.165) is 16.5 Å². The molecule has 0 aliphatic heterocycles. The van der Waals surface area contributed by atoms with Crippen LogP contribution >= 0.6 is 0 Å². The molecule has 0 saturated carbocycles. The first-order chi connectivity index (χ1) is 8.08. The molecular weight excluding hydrogens is 303 g/mol. The number of hydrogen-bond acceptors (Lipinski definition) is 2. The number of carbonyl (C=O) groups is 1. The Kier molecular flexibility index (Phi) is 5.06. The summed E-state index contributed by atoms with van der Waals surface area (Å²) in [4.78, 5) is 11.6. The molecule has 2 rings (SSSR count). The first-order valence-electron chi connectivity index (χ1n) is 5.26. The van der Waals surface area contributed by atoms with Crippen molar-refractivity contribution < 1.29 is 42.6 Å². The number of carbonyl (C=O) groups excluding carboxylic acids is 1. The predicted octanol–water partition coefficient (Wildman–Crippen LogP) is 3.06.